The number of amides is 1. The second kappa shape index (κ2) is 4.78. The summed E-state index contributed by atoms with van der Waals surface area (Å²) in [4.78, 5) is 16.3. The summed E-state index contributed by atoms with van der Waals surface area (Å²) < 4.78 is 1.64. The zero-order chi connectivity index (χ0) is 13.3. The second-order valence-electron chi connectivity index (χ2n) is 4.03. The third-order valence-corrected chi connectivity index (χ3v) is 2.60. The molecule has 18 heavy (non-hydrogen) atoms. The predicted octanol–water partition coefficient (Wildman–Crippen LogP) is 1.83. The molecule has 94 valence electrons. The van der Waals surface area contributed by atoms with Gasteiger partial charge in [-0.15, -0.1) is 0 Å². The van der Waals surface area contributed by atoms with Crippen LogP contribution in [0.15, 0.2) is 23.9 Å². The molecule has 0 aliphatic carbocycles. The molecule has 2 heterocycles. The fourth-order valence-electron chi connectivity index (χ4n) is 1.70. The van der Waals surface area contributed by atoms with Gasteiger partial charge in [0, 0.05) is 16.4 Å². The monoisotopic (exact) mass is 264 g/mol. The average Bonchev–Trinajstić information content (AvgIpc) is 2.69. The van der Waals surface area contributed by atoms with Crippen LogP contribution in [0.25, 0.3) is 5.65 Å². The number of hydrogen-bond donors (Lipinski definition) is 1. The molecule has 6 heteroatoms. The summed E-state index contributed by atoms with van der Waals surface area (Å²) in [7, 11) is 0. The third kappa shape index (κ3) is 2.36. The van der Waals surface area contributed by atoms with Gasteiger partial charge in [0.05, 0.1) is 12.7 Å². The molecule has 0 bridgehead atoms. The quantitative estimate of drug-likeness (QED) is 0.920. The summed E-state index contributed by atoms with van der Waals surface area (Å²) >= 11 is 5.61. The van der Waals surface area contributed by atoms with Gasteiger partial charge in [-0.05, 0) is 19.9 Å². The van der Waals surface area contributed by atoms with Crippen LogP contribution >= 0.6 is 11.6 Å². The van der Waals surface area contributed by atoms with Crippen LogP contribution in [-0.4, -0.2) is 27.0 Å². The molecular formula is C12H13ClN4O. The van der Waals surface area contributed by atoms with Crippen molar-refractivity contribution >= 4 is 23.2 Å². The van der Waals surface area contributed by atoms with Crippen molar-refractivity contribution < 1.29 is 4.79 Å². The molecule has 1 amide bonds. The molecule has 2 aromatic rings. The summed E-state index contributed by atoms with van der Waals surface area (Å²) in [5, 5.41) is 7.17. The molecule has 0 fully saturated rings. The topological polar surface area (TPSA) is 59.3 Å². The van der Waals surface area contributed by atoms with E-state index in [1.54, 1.807) is 4.52 Å². The van der Waals surface area contributed by atoms with E-state index >= 15 is 0 Å². The smallest absolute Gasteiger partial charge is 0.257 e. The number of rotatable bonds is 3. The summed E-state index contributed by atoms with van der Waals surface area (Å²) in [6.07, 6.45) is 1.50. The Morgan fingerprint density at radius 3 is 2.94 bits per heavy atom. The van der Waals surface area contributed by atoms with Crippen LogP contribution in [0.4, 0.5) is 0 Å². The molecule has 0 radical (unpaired) electrons. The minimum Gasteiger partial charge on any atom is -0.347 e. The molecule has 0 aliphatic heterocycles. The summed E-state index contributed by atoms with van der Waals surface area (Å²) in [6.45, 7) is 7.53. The van der Waals surface area contributed by atoms with Gasteiger partial charge in [0.25, 0.3) is 5.91 Å². The van der Waals surface area contributed by atoms with Crippen molar-refractivity contribution in [2.45, 2.75) is 13.8 Å². The molecule has 0 aromatic carbocycles. The highest BCUT2D eigenvalue weighted by Crippen LogP contribution is 2.11. The first-order valence-electron chi connectivity index (χ1n) is 5.42. The molecule has 0 spiro atoms. The van der Waals surface area contributed by atoms with E-state index in [0.29, 0.717) is 16.2 Å². The van der Waals surface area contributed by atoms with Crippen molar-refractivity contribution in [3.8, 4) is 0 Å². The molecule has 0 saturated carbocycles. The van der Waals surface area contributed by atoms with E-state index in [0.717, 1.165) is 11.4 Å². The normalized spacial score (nSPS) is 10.6. The highest BCUT2D eigenvalue weighted by Gasteiger charge is 2.14. The molecule has 0 saturated heterocycles. The van der Waals surface area contributed by atoms with E-state index in [9.17, 15) is 4.79 Å². The zero-order valence-electron chi connectivity index (χ0n) is 10.2. The largest absolute Gasteiger partial charge is 0.347 e. The van der Waals surface area contributed by atoms with Crippen molar-refractivity contribution in [2.24, 2.45) is 0 Å². The van der Waals surface area contributed by atoms with Gasteiger partial charge in [0.15, 0.2) is 5.65 Å². The highest BCUT2D eigenvalue weighted by atomic mass is 35.5. The Kier molecular flexibility index (Phi) is 3.34. The third-order valence-electron chi connectivity index (χ3n) is 2.46. The van der Waals surface area contributed by atoms with Crippen LogP contribution < -0.4 is 5.32 Å². The highest BCUT2D eigenvalue weighted by molar-refractivity contribution is 6.29. The number of hydrogen-bond acceptors (Lipinski definition) is 3. The Morgan fingerprint density at radius 2 is 2.28 bits per heavy atom. The van der Waals surface area contributed by atoms with Gasteiger partial charge in [-0.2, -0.15) is 5.10 Å². The Balaban J connectivity index is 2.40. The molecular weight excluding hydrogens is 252 g/mol. The first-order chi connectivity index (χ1) is 8.49. The molecule has 2 aromatic heterocycles. The Morgan fingerprint density at radius 1 is 1.56 bits per heavy atom. The number of carbonyl (C=O) groups is 1. The van der Waals surface area contributed by atoms with E-state index in [1.165, 1.54) is 6.20 Å². The lowest BCUT2D eigenvalue weighted by Gasteiger charge is -2.03. The number of halogens is 1. The summed E-state index contributed by atoms with van der Waals surface area (Å²) in [5.41, 5.74) is 2.75. The Labute approximate surface area is 109 Å². The average molecular weight is 265 g/mol. The molecule has 2 rings (SSSR count). The molecule has 1 N–H and O–H groups in total. The van der Waals surface area contributed by atoms with Gasteiger partial charge >= 0.3 is 0 Å². The zero-order valence-corrected chi connectivity index (χ0v) is 11.0. The molecule has 0 aliphatic rings. The number of aromatic nitrogens is 3. The fraction of sp³-hybridized carbons (Fsp3) is 0.250. The van der Waals surface area contributed by atoms with Crippen LogP contribution in [0.2, 0.25) is 0 Å². The number of carbonyl (C=O) groups excluding carboxylic acids is 1. The Bertz CT molecular complexity index is 632. The van der Waals surface area contributed by atoms with Gasteiger partial charge in [-0.1, -0.05) is 18.2 Å². The minimum absolute atomic E-state index is 0.225. The maximum atomic E-state index is 11.9. The van der Waals surface area contributed by atoms with Gasteiger partial charge in [-0.3, -0.25) is 4.79 Å². The van der Waals surface area contributed by atoms with Crippen LogP contribution in [0, 0.1) is 13.8 Å². The molecule has 0 atom stereocenters. The Hall–Kier alpha value is -1.88. The van der Waals surface area contributed by atoms with Gasteiger partial charge in [-0.25, -0.2) is 9.50 Å². The van der Waals surface area contributed by atoms with E-state index in [2.05, 4.69) is 22.0 Å². The van der Waals surface area contributed by atoms with Crippen molar-refractivity contribution in [3.63, 3.8) is 0 Å². The predicted molar refractivity (Wildman–Crippen MR) is 69.8 cm³/mol. The second-order valence-corrected chi connectivity index (χ2v) is 4.57. The number of nitrogens with one attached hydrogen (secondary N) is 1. The van der Waals surface area contributed by atoms with Crippen molar-refractivity contribution in [2.75, 3.05) is 6.54 Å². The lowest BCUT2D eigenvalue weighted by atomic mass is 10.3. The maximum absolute atomic E-state index is 11.9. The van der Waals surface area contributed by atoms with Crippen LogP contribution in [0.5, 0.6) is 0 Å². The van der Waals surface area contributed by atoms with Gasteiger partial charge in [0.1, 0.15) is 5.56 Å². The van der Waals surface area contributed by atoms with E-state index in [4.69, 9.17) is 11.6 Å². The SMILES string of the molecule is C=C(Cl)CNC(=O)c1cnn2c(C)cc(C)nc12. The molecule has 0 unspecified atom stereocenters. The van der Waals surface area contributed by atoms with Crippen molar-refractivity contribution in [3.05, 3.63) is 40.8 Å². The van der Waals surface area contributed by atoms with Crippen molar-refractivity contribution in [1.82, 2.24) is 19.9 Å². The lowest BCUT2D eigenvalue weighted by molar-refractivity contribution is 0.0959. The van der Waals surface area contributed by atoms with Gasteiger partial charge in [0.2, 0.25) is 0 Å². The first kappa shape index (κ1) is 12.6. The fourth-order valence-corrected chi connectivity index (χ4v) is 1.77. The van der Waals surface area contributed by atoms with Gasteiger partial charge < -0.3 is 5.32 Å². The summed E-state index contributed by atoms with van der Waals surface area (Å²) in [6, 6.07) is 1.91. The number of aryl methyl sites for hydroxylation is 2. The van der Waals surface area contributed by atoms with E-state index in [1.807, 2.05) is 19.9 Å². The van der Waals surface area contributed by atoms with Crippen LogP contribution in [0.1, 0.15) is 21.7 Å². The lowest BCUT2D eigenvalue weighted by Crippen LogP contribution is -2.24. The summed E-state index contributed by atoms with van der Waals surface area (Å²) in [5.74, 6) is -0.260. The van der Waals surface area contributed by atoms with E-state index in [-0.39, 0.29) is 12.5 Å². The van der Waals surface area contributed by atoms with Crippen LogP contribution in [-0.2, 0) is 0 Å². The standard InChI is InChI=1S/C12H13ClN4O/c1-7(13)5-14-12(18)10-6-15-17-9(3)4-8(2)16-11(10)17/h4,6H,1,5H2,2-3H3,(H,14,18). The van der Waals surface area contributed by atoms with Crippen molar-refractivity contribution in [1.29, 1.82) is 0 Å². The first-order valence-corrected chi connectivity index (χ1v) is 5.80. The van der Waals surface area contributed by atoms with Crippen LogP contribution in [0.3, 0.4) is 0 Å². The minimum atomic E-state index is -0.260. The van der Waals surface area contributed by atoms with E-state index < -0.39 is 0 Å². The maximum Gasteiger partial charge on any atom is 0.257 e. The number of nitrogens with zero attached hydrogens (tertiary/aromatic N) is 3. The number of fused-ring (bicyclic) bond motifs is 1. The molecule has 5 nitrogen and oxygen atoms in total.